The molecule has 0 atom stereocenters. The molecule has 50 heavy (non-hydrogen) atoms. The van der Waals surface area contributed by atoms with E-state index in [1.807, 2.05) is 31.2 Å². The summed E-state index contributed by atoms with van der Waals surface area (Å²) in [4.78, 5) is 31.1. The number of nitrogen functional groups attached to an aromatic ring is 1. The lowest BCUT2D eigenvalue weighted by molar-refractivity contribution is -0.120. The van der Waals surface area contributed by atoms with Crippen molar-refractivity contribution in [2.24, 2.45) is 0 Å². The molecule has 12 nitrogen and oxygen atoms in total. The van der Waals surface area contributed by atoms with Crippen molar-refractivity contribution in [1.82, 2.24) is 9.88 Å². The van der Waals surface area contributed by atoms with Crippen molar-refractivity contribution in [1.29, 1.82) is 0 Å². The third-order valence-electron chi connectivity index (χ3n) is 8.08. The number of benzene rings is 2. The highest BCUT2D eigenvalue weighted by molar-refractivity contribution is 7.91. The summed E-state index contributed by atoms with van der Waals surface area (Å²) < 4.78 is 68.9. The van der Waals surface area contributed by atoms with Crippen LogP contribution in [0, 0.1) is 12.7 Å². The number of hydrogen-bond donors (Lipinski definition) is 1. The van der Waals surface area contributed by atoms with Gasteiger partial charge < -0.3 is 34.3 Å². The number of ether oxygens (including phenoxy) is 5. The number of hydrogen-bond acceptors (Lipinski definition) is 11. The van der Waals surface area contributed by atoms with Crippen LogP contribution in [0.2, 0.25) is 0 Å². The van der Waals surface area contributed by atoms with Crippen LogP contribution in [0.5, 0.6) is 5.75 Å². The fourth-order valence-electron chi connectivity index (χ4n) is 5.31. The molecule has 2 N–H and O–H groups in total. The number of amides is 1. The number of aromatic nitrogens is 1. The number of fused-ring (bicyclic) bond motifs is 1. The minimum absolute atomic E-state index is 0.0183. The molecule has 0 saturated carbocycles. The minimum Gasteiger partial charge on any atom is -0.491 e. The molecule has 272 valence electrons. The molecule has 2 heterocycles. The summed E-state index contributed by atoms with van der Waals surface area (Å²) in [5, 5.41) is 0. The van der Waals surface area contributed by atoms with Crippen LogP contribution in [-0.4, -0.2) is 102 Å². The molecule has 2 aromatic carbocycles. The summed E-state index contributed by atoms with van der Waals surface area (Å²) in [6.45, 7) is 7.48. The number of nitrogens with zero attached hydrogens (tertiary/aromatic N) is 2. The molecule has 14 heteroatoms. The summed E-state index contributed by atoms with van der Waals surface area (Å²) in [5.41, 5.74) is 8.21. The van der Waals surface area contributed by atoms with Gasteiger partial charge in [-0.1, -0.05) is 6.07 Å². The van der Waals surface area contributed by atoms with E-state index in [4.69, 9.17) is 29.4 Å². The van der Waals surface area contributed by atoms with Crippen LogP contribution in [0.15, 0.2) is 53.6 Å². The van der Waals surface area contributed by atoms with Gasteiger partial charge in [0.05, 0.1) is 58.5 Å². The first-order chi connectivity index (χ1) is 24.1. The average Bonchev–Trinajstić information content (AvgIpc) is 3.32. The Morgan fingerprint density at radius 3 is 2.28 bits per heavy atom. The second-order valence-corrected chi connectivity index (χ2v) is 13.7. The molecular weight excluding hydrogens is 669 g/mol. The lowest BCUT2D eigenvalue weighted by Gasteiger charge is -2.22. The molecule has 0 aliphatic carbocycles. The lowest BCUT2D eigenvalue weighted by atomic mass is 10.0. The highest BCUT2D eigenvalue weighted by Gasteiger charge is 2.27. The second kappa shape index (κ2) is 19.4. The highest BCUT2D eigenvalue weighted by Crippen LogP contribution is 2.31. The van der Waals surface area contributed by atoms with Crippen molar-refractivity contribution in [3.05, 3.63) is 71.2 Å². The van der Waals surface area contributed by atoms with Crippen molar-refractivity contribution >= 4 is 27.3 Å². The molecule has 0 fully saturated rings. The SMILES string of the molecule is CCOCCOCCOCCOCCC(=O)CCCS(=O)(=O)c1ccc(C(=O)N2CCOc3ccc(-c4ccc(N)nc4)cc3C2)c(C)c1F. The zero-order valence-electron chi connectivity index (χ0n) is 28.7. The predicted octanol–water partition coefficient (Wildman–Crippen LogP) is 4.41. The van der Waals surface area contributed by atoms with Crippen LogP contribution in [-0.2, 0) is 40.1 Å². The first-order valence-electron chi connectivity index (χ1n) is 16.7. The molecule has 3 aromatic rings. The normalized spacial score (nSPS) is 13.1. The lowest BCUT2D eigenvalue weighted by Crippen LogP contribution is -2.33. The topological polar surface area (TPSA) is 157 Å². The van der Waals surface area contributed by atoms with E-state index in [2.05, 4.69) is 4.98 Å². The largest absolute Gasteiger partial charge is 0.491 e. The Balaban J connectivity index is 1.24. The number of carbonyl (C=O) groups is 2. The Morgan fingerprint density at radius 2 is 1.60 bits per heavy atom. The van der Waals surface area contributed by atoms with Crippen LogP contribution < -0.4 is 10.5 Å². The maximum absolute atomic E-state index is 15.6. The van der Waals surface area contributed by atoms with Crippen LogP contribution in [0.4, 0.5) is 10.2 Å². The van der Waals surface area contributed by atoms with Gasteiger partial charge in [-0.05, 0) is 67.8 Å². The first-order valence-corrected chi connectivity index (χ1v) is 18.4. The van der Waals surface area contributed by atoms with E-state index in [1.165, 1.54) is 13.0 Å². The van der Waals surface area contributed by atoms with Gasteiger partial charge in [0.15, 0.2) is 9.84 Å². The minimum atomic E-state index is -4.05. The Bertz CT molecular complexity index is 1690. The first kappa shape index (κ1) is 38.8. The zero-order chi connectivity index (χ0) is 35.9. The Hall–Kier alpha value is -3.95. The van der Waals surface area contributed by atoms with Gasteiger partial charge in [-0.2, -0.15) is 0 Å². The van der Waals surface area contributed by atoms with E-state index in [1.54, 1.807) is 17.2 Å². The number of sulfone groups is 1. The summed E-state index contributed by atoms with van der Waals surface area (Å²) in [6, 6.07) is 11.7. The smallest absolute Gasteiger partial charge is 0.254 e. The van der Waals surface area contributed by atoms with Crippen LogP contribution in [0.3, 0.4) is 0 Å². The molecular formula is C36H46FN3O9S. The maximum Gasteiger partial charge on any atom is 0.254 e. The average molecular weight is 716 g/mol. The summed E-state index contributed by atoms with van der Waals surface area (Å²) >= 11 is 0. The quantitative estimate of drug-likeness (QED) is 0.165. The van der Waals surface area contributed by atoms with Gasteiger partial charge in [0.1, 0.15) is 34.7 Å². The molecule has 1 aromatic heterocycles. The number of ketones is 1. The molecule has 0 unspecified atom stereocenters. The molecule has 1 aliphatic rings. The Labute approximate surface area is 292 Å². The number of carbonyl (C=O) groups excluding carboxylic acids is 2. The van der Waals surface area contributed by atoms with E-state index in [0.29, 0.717) is 57.8 Å². The molecule has 0 bridgehead atoms. The van der Waals surface area contributed by atoms with Gasteiger partial charge in [-0.15, -0.1) is 0 Å². The molecule has 1 amide bonds. The molecule has 1 aliphatic heterocycles. The molecule has 0 spiro atoms. The van der Waals surface area contributed by atoms with Gasteiger partial charge in [-0.25, -0.2) is 17.8 Å². The van der Waals surface area contributed by atoms with Crippen LogP contribution >= 0.6 is 0 Å². The van der Waals surface area contributed by atoms with Gasteiger partial charge in [0, 0.05) is 48.9 Å². The fourth-order valence-corrected chi connectivity index (χ4v) is 6.76. The van der Waals surface area contributed by atoms with Crippen molar-refractivity contribution in [3.63, 3.8) is 0 Å². The van der Waals surface area contributed by atoms with E-state index in [-0.39, 0.29) is 62.5 Å². The van der Waals surface area contributed by atoms with Crippen LogP contribution in [0.1, 0.15) is 47.7 Å². The van der Waals surface area contributed by atoms with Gasteiger partial charge in [-0.3, -0.25) is 9.59 Å². The number of Topliss-reactive ketones (excluding diaryl/α,β-unsaturated/α-hetero) is 1. The molecule has 4 rings (SSSR count). The summed E-state index contributed by atoms with van der Waals surface area (Å²) in [6.07, 6.45) is 1.85. The Morgan fingerprint density at radius 1 is 0.920 bits per heavy atom. The van der Waals surface area contributed by atoms with E-state index in [0.717, 1.165) is 22.8 Å². The monoisotopic (exact) mass is 715 g/mol. The molecule has 0 saturated heterocycles. The number of rotatable bonds is 20. The Kier molecular flexibility index (Phi) is 15.1. The number of nitrogens with two attached hydrogens (primary N) is 1. The van der Waals surface area contributed by atoms with E-state index >= 15 is 4.39 Å². The standard InChI is InChI=1S/C36H46FN3O9S/c1-3-45-16-17-47-20-21-48-19-18-46-14-12-30(41)5-4-22-50(43,44)33-10-8-31(26(2)35(33)37)36(42)40-13-15-49-32-9-6-27(23-29(32)25-40)28-7-11-34(38)39-24-28/h6-11,23-24H,3-5,12-22,25H2,1-2H3,(H2,38,39). The van der Waals surface area contributed by atoms with Gasteiger partial charge in [0.25, 0.3) is 5.91 Å². The number of pyridine rings is 1. The number of halogens is 1. The van der Waals surface area contributed by atoms with Crippen molar-refractivity contribution in [2.45, 2.75) is 44.6 Å². The van der Waals surface area contributed by atoms with Crippen molar-refractivity contribution < 1.29 is 46.1 Å². The third-order valence-corrected chi connectivity index (χ3v) is 9.89. The summed E-state index contributed by atoms with van der Waals surface area (Å²) in [5.74, 6) is -0.929. The highest BCUT2D eigenvalue weighted by atomic mass is 32.2. The predicted molar refractivity (Wildman–Crippen MR) is 185 cm³/mol. The fraction of sp³-hybridized carbons (Fsp3) is 0.472. The zero-order valence-corrected chi connectivity index (χ0v) is 29.5. The van der Waals surface area contributed by atoms with Crippen molar-refractivity contribution in [3.8, 4) is 16.9 Å². The number of anilines is 1. The summed E-state index contributed by atoms with van der Waals surface area (Å²) in [7, 11) is -4.05. The molecule has 0 radical (unpaired) electrons. The van der Waals surface area contributed by atoms with Gasteiger partial charge in [0.2, 0.25) is 0 Å². The van der Waals surface area contributed by atoms with E-state index in [9.17, 15) is 18.0 Å². The van der Waals surface area contributed by atoms with Crippen LogP contribution in [0.25, 0.3) is 11.1 Å². The van der Waals surface area contributed by atoms with Gasteiger partial charge >= 0.3 is 0 Å². The second-order valence-electron chi connectivity index (χ2n) is 11.7. The van der Waals surface area contributed by atoms with Crippen molar-refractivity contribution in [2.75, 3.05) is 77.5 Å². The maximum atomic E-state index is 15.6. The third kappa shape index (κ3) is 11.3. The van der Waals surface area contributed by atoms with E-state index < -0.39 is 32.2 Å².